The number of ether oxygens (including phenoxy) is 2. The van der Waals surface area contributed by atoms with Gasteiger partial charge in [0.1, 0.15) is 11.5 Å². The Labute approximate surface area is 178 Å². The number of methoxy groups -OCH3 is 2. The predicted octanol–water partition coefficient (Wildman–Crippen LogP) is 3.60. The summed E-state index contributed by atoms with van der Waals surface area (Å²) in [6, 6.07) is 13.0. The van der Waals surface area contributed by atoms with Crippen molar-refractivity contribution in [3.8, 4) is 11.5 Å². The van der Waals surface area contributed by atoms with E-state index in [0.29, 0.717) is 48.8 Å². The van der Waals surface area contributed by atoms with E-state index in [4.69, 9.17) is 9.47 Å². The van der Waals surface area contributed by atoms with Gasteiger partial charge in [0.05, 0.1) is 14.2 Å². The maximum Gasteiger partial charge on any atom is 0.254 e. The Balaban J connectivity index is 1.64. The number of benzene rings is 2. The van der Waals surface area contributed by atoms with Gasteiger partial charge in [0, 0.05) is 43.4 Å². The van der Waals surface area contributed by atoms with Crippen LogP contribution in [-0.2, 0) is 5.41 Å². The summed E-state index contributed by atoms with van der Waals surface area (Å²) < 4.78 is 10.5. The largest absolute Gasteiger partial charge is 0.497 e. The molecular weight excluding hydrogens is 380 g/mol. The molecular formula is C24H30N2O4. The number of nitrogens with zero attached hydrogens (tertiary/aromatic N) is 2. The molecule has 1 aliphatic heterocycles. The first-order valence-electron chi connectivity index (χ1n) is 10.1. The van der Waals surface area contributed by atoms with Gasteiger partial charge in [-0.3, -0.25) is 9.59 Å². The first-order chi connectivity index (χ1) is 14.2. The lowest BCUT2D eigenvalue weighted by atomic mass is 9.86. The average molecular weight is 411 g/mol. The van der Waals surface area contributed by atoms with Crippen LogP contribution in [0.25, 0.3) is 0 Å². The molecule has 6 nitrogen and oxygen atoms in total. The van der Waals surface area contributed by atoms with Crippen molar-refractivity contribution >= 4 is 11.8 Å². The summed E-state index contributed by atoms with van der Waals surface area (Å²) in [5.74, 6) is 1.06. The normalized spacial score (nSPS) is 14.4. The van der Waals surface area contributed by atoms with Gasteiger partial charge in [0.2, 0.25) is 0 Å². The van der Waals surface area contributed by atoms with Crippen LogP contribution >= 0.6 is 0 Å². The molecule has 0 spiro atoms. The number of hydrogen-bond donors (Lipinski definition) is 0. The van der Waals surface area contributed by atoms with Gasteiger partial charge in [-0.1, -0.05) is 32.9 Å². The Morgan fingerprint density at radius 3 is 1.57 bits per heavy atom. The van der Waals surface area contributed by atoms with Crippen molar-refractivity contribution in [2.45, 2.75) is 26.2 Å². The highest BCUT2D eigenvalue weighted by atomic mass is 16.5. The number of carbonyl (C=O) groups excluding carboxylic acids is 2. The van der Waals surface area contributed by atoms with Crippen LogP contribution in [0.1, 0.15) is 47.1 Å². The van der Waals surface area contributed by atoms with Gasteiger partial charge in [-0.25, -0.2) is 0 Å². The quantitative estimate of drug-likeness (QED) is 0.773. The van der Waals surface area contributed by atoms with Crippen molar-refractivity contribution < 1.29 is 19.1 Å². The van der Waals surface area contributed by atoms with Crippen LogP contribution in [0.5, 0.6) is 11.5 Å². The van der Waals surface area contributed by atoms with Gasteiger partial charge in [0.25, 0.3) is 11.8 Å². The lowest BCUT2D eigenvalue weighted by molar-refractivity contribution is 0.0535. The molecule has 6 heteroatoms. The summed E-state index contributed by atoms with van der Waals surface area (Å²) in [6.45, 7) is 8.45. The zero-order valence-corrected chi connectivity index (χ0v) is 18.4. The summed E-state index contributed by atoms with van der Waals surface area (Å²) in [5.41, 5.74) is 2.45. The fourth-order valence-corrected chi connectivity index (χ4v) is 3.52. The molecule has 1 saturated heterocycles. The summed E-state index contributed by atoms with van der Waals surface area (Å²) >= 11 is 0. The Morgan fingerprint density at radius 2 is 1.17 bits per heavy atom. The van der Waals surface area contributed by atoms with Crippen LogP contribution in [0.15, 0.2) is 42.5 Å². The summed E-state index contributed by atoms with van der Waals surface area (Å²) in [6.07, 6.45) is 0. The second-order valence-corrected chi connectivity index (χ2v) is 8.51. The Hall–Kier alpha value is -3.02. The molecule has 1 heterocycles. The molecule has 0 N–H and O–H groups in total. The van der Waals surface area contributed by atoms with E-state index >= 15 is 0 Å². The van der Waals surface area contributed by atoms with Crippen molar-refractivity contribution in [2.24, 2.45) is 0 Å². The highest BCUT2D eigenvalue weighted by molar-refractivity contribution is 5.96. The fourth-order valence-electron chi connectivity index (χ4n) is 3.52. The number of hydrogen-bond acceptors (Lipinski definition) is 4. The monoisotopic (exact) mass is 410 g/mol. The molecule has 0 atom stereocenters. The van der Waals surface area contributed by atoms with Crippen molar-refractivity contribution in [1.82, 2.24) is 9.80 Å². The van der Waals surface area contributed by atoms with Crippen LogP contribution in [0, 0.1) is 0 Å². The molecule has 1 aliphatic rings. The van der Waals surface area contributed by atoms with E-state index in [-0.39, 0.29) is 17.2 Å². The van der Waals surface area contributed by atoms with Gasteiger partial charge < -0.3 is 19.3 Å². The molecule has 0 unspecified atom stereocenters. The first-order valence-corrected chi connectivity index (χ1v) is 10.1. The van der Waals surface area contributed by atoms with Crippen LogP contribution in [0.4, 0.5) is 0 Å². The van der Waals surface area contributed by atoms with Crippen molar-refractivity contribution in [1.29, 1.82) is 0 Å². The molecule has 0 bridgehead atoms. The second-order valence-electron chi connectivity index (χ2n) is 8.51. The average Bonchev–Trinajstić information content (AvgIpc) is 2.77. The zero-order chi connectivity index (χ0) is 21.9. The summed E-state index contributed by atoms with van der Waals surface area (Å²) in [7, 11) is 3.11. The maximum atomic E-state index is 12.9. The van der Waals surface area contributed by atoms with Crippen LogP contribution in [0.2, 0.25) is 0 Å². The number of carbonyl (C=O) groups is 2. The first kappa shape index (κ1) is 21.7. The van der Waals surface area contributed by atoms with E-state index in [0.717, 1.165) is 0 Å². The van der Waals surface area contributed by atoms with Gasteiger partial charge >= 0.3 is 0 Å². The topological polar surface area (TPSA) is 59.1 Å². The minimum Gasteiger partial charge on any atom is -0.497 e. The van der Waals surface area contributed by atoms with E-state index < -0.39 is 0 Å². The standard InChI is InChI=1S/C24H30N2O4/c1-24(2,3)19-8-6-17(7-9-19)22(27)25-10-12-26(13-11-25)23(28)18-14-20(29-4)16-21(15-18)30-5/h6-9,14-16H,10-13H2,1-5H3. The zero-order valence-electron chi connectivity index (χ0n) is 18.4. The Kier molecular flexibility index (Phi) is 6.34. The van der Waals surface area contributed by atoms with E-state index in [1.807, 2.05) is 29.2 Å². The molecule has 2 aromatic rings. The van der Waals surface area contributed by atoms with Crippen LogP contribution in [0.3, 0.4) is 0 Å². The van der Waals surface area contributed by atoms with E-state index in [2.05, 4.69) is 20.8 Å². The molecule has 0 radical (unpaired) electrons. The summed E-state index contributed by atoms with van der Waals surface area (Å²) in [4.78, 5) is 29.4. The van der Waals surface area contributed by atoms with E-state index in [1.54, 1.807) is 37.3 Å². The molecule has 30 heavy (non-hydrogen) atoms. The molecule has 2 aromatic carbocycles. The number of piperazine rings is 1. The number of amides is 2. The van der Waals surface area contributed by atoms with E-state index in [1.165, 1.54) is 5.56 Å². The Morgan fingerprint density at radius 1 is 0.733 bits per heavy atom. The third-order valence-corrected chi connectivity index (χ3v) is 5.45. The van der Waals surface area contributed by atoms with Gasteiger partial charge in [-0.15, -0.1) is 0 Å². The molecule has 0 aliphatic carbocycles. The minimum absolute atomic E-state index is 0.00519. The van der Waals surface area contributed by atoms with Crippen molar-refractivity contribution in [3.05, 3.63) is 59.2 Å². The van der Waals surface area contributed by atoms with Crippen molar-refractivity contribution in [2.75, 3.05) is 40.4 Å². The highest BCUT2D eigenvalue weighted by Crippen LogP contribution is 2.25. The van der Waals surface area contributed by atoms with E-state index in [9.17, 15) is 9.59 Å². The van der Waals surface area contributed by atoms with Gasteiger partial charge in [-0.05, 0) is 35.2 Å². The lowest BCUT2D eigenvalue weighted by Gasteiger charge is -2.35. The van der Waals surface area contributed by atoms with Crippen molar-refractivity contribution in [3.63, 3.8) is 0 Å². The number of rotatable bonds is 4. The van der Waals surface area contributed by atoms with Gasteiger partial charge in [0.15, 0.2) is 0 Å². The third-order valence-electron chi connectivity index (χ3n) is 5.45. The maximum absolute atomic E-state index is 12.9. The molecule has 0 saturated carbocycles. The molecule has 0 aromatic heterocycles. The van der Waals surface area contributed by atoms with Crippen LogP contribution < -0.4 is 9.47 Å². The fraction of sp³-hybridized carbons (Fsp3) is 0.417. The SMILES string of the molecule is COc1cc(OC)cc(C(=O)N2CCN(C(=O)c3ccc(C(C)(C)C)cc3)CC2)c1. The second kappa shape index (κ2) is 8.78. The third kappa shape index (κ3) is 4.75. The van der Waals surface area contributed by atoms with Crippen LogP contribution in [-0.4, -0.2) is 62.0 Å². The molecule has 1 fully saturated rings. The predicted molar refractivity (Wildman–Crippen MR) is 116 cm³/mol. The highest BCUT2D eigenvalue weighted by Gasteiger charge is 2.26. The lowest BCUT2D eigenvalue weighted by Crippen LogP contribution is -2.50. The Bertz CT molecular complexity index is 886. The van der Waals surface area contributed by atoms with Gasteiger partial charge in [-0.2, -0.15) is 0 Å². The molecule has 160 valence electrons. The molecule has 3 rings (SSSR count). The molecule has 2 amide bonds. The smallest absolute Gasteiger partial charge is 0.254 e. The summed E-state index contributed by atoms with van der Waals surface area (Å²) in [5, 5.41) is 0. The minimum atomic E-state index is -0.0890.